The SMILES string of the molecule is COc1ccccc1NC(=O)COc1ccc(/C=N\NC(=O)CN(c2ccccc2OC)S(C)(=O)=O)cc1. The number of rotatable bonds is 12. The zero-order valence-electron chi connectivity index (χ0n) is 21.1. The molecule has 3 aromatic rings. The summed E-state index contributed by atoms with van der Waals surface area (Å²) in [6.07, 6.45) is 2.39. The lowest BCUT2D eigenvalue weighted by molar-refractivity contribution is -0.119. The van der Waals surface area contributed by atoms with Crippen LogP contribution in [0.25, 0.3) is 0 Å². The van der Waals surface area contributed by atoms with E-state index < -0.39 is 22.5 Å². The van der Waals surface area contributed by atoms with E-state index in [1.807, 2.05) is 0 Å². The summed E-state index contributed by atoms with van der Waals surface area (Å²) in [6, 6.07) is 20.2. The number of sulfonamides is 1. The summed E-state index contributed by atoms with van der Waals surface area (Å²) >= 11 is 0. The summed E-state index contributed by atoms with van der Waals surface area (Å²) in [7, 11) is -0.837. The van der Waals surface area contributed by atoms with Crippen LogP contribution in [0.5, 0.6) is 17.2 Å². The van der Waals surface area contributed by atoms with Gasteiger partial charge in [0.25, 0.3) is 11.8 Å². The second-order valence-electron chi connectivity index (χ2n) is 7.84. The van der Waals surface area contributed by atoms with Crippen LogP contribution < -0.4 is 29.3 Å². The van der Waals surface area contributed by atoms with Gasteiger partial charge in [-0.2, -0.15) is 5.10 Å². The monoisotopic (exact) mass is 540 g/mol. The van der Waals surface area contributed by atoms with Crippen LogP contribution in [0.4, 0.5) is 11.4 Å². The highest BCUT2D eigenvalue weighted by Crippen LogP contribution is 2.29. The Bertz CT molecular complexity index is 1390. The minimum atomic E-state index is -3.77. The number of nitrogens with one attached hydrogen (secondary N) is 2. The van der Waals surface area contributed by atoms with Gasteiger partial charge in [0.2, 0.25) is 10.0 Å². The number of ether oxygens (including phenoxy) is 3. The molecule has 38 heavy (non-hydrogen) atoms. The number of anilines is 2. The van der Waals surface area contributed by atoms with E-state index in [-0.39, 0.29) is 18.2 Å². The first-order chi connectivity index (χ1) is 18.2. The van der Waals surface area contributed by atoms with Crippen molar-refractivity contribution in [1.29, 1.82) is 0 Å². The Balaban J connectivity index is 1.52. The van der Waals surface area contributed by atoms with Gasteiger partial charge in [0, 0.05) is 0 Å². The molecule has 3 rings (SSSR count). The van der Waals surface area contributed by atoms with Crippen molar-refractivity contribution in [2.75, 3.05) is 43.2 Å². The minimum Gasteiger partial charge on any atom is -0.495 e. The number of hydrazone groups is 1. The van der Waals surface area contributed by atoms with E-state index in [1.54, 1.807) is 72.8 Å². The Kier molecular flexibility index (Phi) is 9.66. The summed E-state index contributed by atoms with van der Waals surface area (Å²) in [5, 5.41) is 6.61. The third kappa shape index (κ3) is 7.96. The molecule has 3 aromatic carbocycles. The molecule has 0 radical (unpaired) electrons. The first-order valence-corrected chi connectivity index (χ1v) is 13.1. The Labute approximate surface area is 221 Å². The molecular weight excluding hydrogens is 512 g/mol. The number of nitrogens with zero attached hydrogens (tertiary/aromatic N) is 2. The van der Waals surface area contributed by atoms with Crippen LogP contribution >= 0.6 is 0 Å². The van der Waals surface area contributed by atoms with E-state index in [2.05, 4.69) is 15.8 Å². The topological polar surface area (TPSA) is 136 Å². The van der Waals surface area contributed by atoms with Gasteiger partial charge in [-0.25, -0.2) is 13.8 Å². The molecule has 0 bridgehead atoms. The van der Waals surface area contributed by atoms with Crippen molar-refractivity contribution in [3.05, 3.63) is 78.4 Å². The van der Waals surface area contributed by atoms with Gasteiger partial charge in [-0.15, -0.1) is 0 Å². The molecule has 200 valence electrons. The van der Waals surface area contributed by atoms with E-state index in [4.69, 9.17) is 14.2 Å². The van der Waals surface area contributed by atoms with Crippen molar-refractivity contribution < 1.29 is 32.2 Å². The predicted molar refractivity (Wildman–Crippen MR) is 144 cm³/mol. The van der Waals surface area contributed by atoms with Gasteiger partial charge in [-0.05, 0) is 54.1 Å². The zero-order chi connectivity index (χ0) is 27.5. The minimum absolute atomic E-state index is 0.204. The summed E-state index contributed by atoms with van der Waals surface area (Å²) in [5.41, 5.74) is 3.74. The van der Waals surface area contributed by atoms with E-state index >= 15 is 0 Å². The van der Waals surface area contributed by atoms with Crippen molar-refractivity contribution in [2.24, 2.45) is 5.10 Å². The summed E-state index contributed by atoms with van der Waals surface area (Å²) in [5.74, 6) is 0.328. The number of methoxy groups -OCH3 is 2. The molecule has 0 unspecified atom stereocenters. The molecule has 0 aromatic heterocycles. The molecule has 0 heterocycles. The first-order valence-electron chi connectivity index (χ1n) is 11.3. The van der Waals surface area contributed by atoms with Gasteiger partial charge >= 0.3 is 0 Å². The standard InChI is InChI=1S/C26H28N4O7S/c1-35-23-10-6-4-8-21(23)28-26(32)18-37-20-14-12-19(13-15-20)16-27-29-25(31)17-30(38(3,33)34)22-9-5-7-11-24(22)36-2/h4-16H,17-18H2,1-3H3,(H,28,32)(H,29,31)/b27-16-. The number of carbonyl (C=O) groups is 2. The van der Waals surface area contributed by atoms with Gasteiger partial charge in [-0.3, -0.25) is 13.9 Å². The smallest absolute Gasteiger partial charge is 0.262 e. The lowest BCUT2D eigenvalue weighted by Crippen LogP contribution is -2.39. The fourth-order valence-electron chi connectivity index (χ4n) is 3.29. The second kappa shape index (κ2) is 13.1. The second-order valence-corrected chi connectivity index (χ2v) is 9.75. The van der Waals surface area contributed by atoms with Gasteiger partial charge in [-0.1, -0.05) is 24.3 Å². The van der Waals surface area contributed by atoms with Crippen molar-refractivity contribution in [3.8, 4) is 17.2 Å². The normalized spacial score (nSPS) is 11.0. The van der Waals surface area contributed by atoms with E-state index in [0.717, 1.165) is 10.6 Å². The Morgan fingerprint density at radius 3 is 2.18 bits per heavy atom. The average Bonchev–Trinajstić information content (AvgIpc) is 2.91. The molecule has 0 saturated heterocycles. The van der Waals surface area contributed by atoms with Crippen LogP contribution in [-0.4, -0.2) is 60.1 Å². The van der Waals surface area contributed by atoms with Gasteiger partial charge in [0.15, 0.2) is 6.61 Å². The molecule has 12 heteroatoms. The highest BCUT2D eigenvalue weighted by molar-refractivity contribution is 7.92. The molecule has 2 N–H and O–H groups in total. The van der Waals surface area contributed by atoms with Crippen molar-refractivity contribution in [1.82, 2.24) is 5.43 Å². The Hall–Kier alpha value is -4.58. The van der Waals surface area contributed by atoms with Crippen molar-refractivity contribution in [2.45, 2.75) is 0 Å². The molecule has 0 aliphatic carbocycles. The summed E-state index contributed by atoms with van der Waals surface area (Å²) in [4.78, 5) is 24.6. The van der Waals surface area contributed by atoms with Gasteiger partial charge in [0.05, 0.1) is 38.1 Å². The predicted octanol–water partition coefficient (Wildman–Crippen LogP) is 2.64. The highest BCUT2D eigenvalue weighted by atomic mass is 32.2. The molecule has 0 aliphatic rings. The maximum atomic E-state index is 12.4. The van der Waals surface area contributed by atoms with Crippen LogP contribution in [0.2, 0.25) is 0 Å². The number of hydrogen-bond donors (Lipinski definition) is 2. The summed E-state index contributed by atoms with van der Waals surface area (Å²) in [6.45, 7) is -0.690. The van der Waals surface area contributed by atoms with Crippen LogP contribution in [0.1, 0.15) is 5.56 Å². The molecule has 0 aliphatic heterocycles. The Morgan fingerprint density at radius 2 is 1.53 bits per heavy atom. The number of benzene rings is 3. The Morgan fingerprint density at radius 1 is 0.895 bits per heavy atom. The van der Waals surface area contributed by atoms with E-state index in [0.29, 0.717) is 28.5 Å². The fourth-order valence-corrected chi connectivity index (χ4v) is 4.15. The van der Waals surface area contributed by atoms with Crippen LogP contribution in [0.3, 0.4) is 0 Å². The van der Waals surface area contributed by atoms with Crippen LogP contribution in [-0.2, 0) is 19.6 Å². The maximum Gasteiger partial charge on any atom is 0.262 e. The van der Waals surface area contributed by atoms with Crippen molar-refractivity contribution in [3.63, 3.8) is 0 Å². The molecule has 2 amide bonds. The van der Waals surface area contributed by atoms with Crippen LogP contribution in [0.15, 0.2) is 77.9 Å². The molecule has 0 fully saturated rings. The number of hydrogen-bond acceptors (Lipinski definition) is 8. The molecule has 11 nitrogen and oxygen atoms in total. The average molecular weight is 541 g/mol. The van der Waals surface area contributed by atoms with Crippen molar-refractivity contribution >= 4 is 39.4 Å². The van der Waals surface area contributed by atoms with Crippen LogP contribution in [0, 0.1) is 0 Å². The maximum absolute atomic E-state index is 12.4. The molecule has 0 atom stereocenters. The molecular formula is C26H28N4O7S. The first kappa shape index (κ1) is 28.0. The lowest BCUT2D eigenvalue weighted by Gasteiger charge is -2.23. The number of carbonyl (C=O) groups excluding carboxylic acids is 2. The quantitative estimate of drug-likeness (QED) is 0.266. The van der Waals surface area contributed by atoms with Gasteiger partial charge in [0.1, 0.15) is 23.8 Å². The summed E-state index contributed by atoms with van der Waals surface area (Å²) < 4.78 is 41.4. The lowest BCUT2D eigenvalue weighted by atomic mass is 10.2. The highest BCUT2D eigenvalue weighted by Gasteiger charge is 2.23. The van der Waals surface area contributed by atoms with E-state index in [1.165, 1.54) is 20.4 Å². The fraction of sp³-hybridized carbons (Fsp3) is 0.192. The van der Waals surface area contributed by atoms with E-state index in [9.17, 15) is 18.0 Å². The number of para-hydroxylation sites is 4. The third-order valence-electron chi connectivity index (χ3n) is 5.08. The largest absolute Gasteiger partial charge is 0.495 e. The molecule has 0 saturated carbocycles. The zero-order valence-corrected chi connectivity index (χ0v) is 21.9. The number of amides is 2. The van der Waals surface area contributed by atoms with Gasteiger partial charge < -0.3 is 19.5 Å². The molecule has 0 spiro atoms. The third-order valence-corrected chi connectivity index (χ3v) is 6.20.